The maximum Gasteiger partial charge on any atom is 0.352 e. The Balaban J connectivity index is 1.36. The maximum absolute atomic E-state index is 13.1. The molecule has 0 radical (unpaired) electrons. The quantitative estimate of drug-likeness (QED) is 0.118. The zero-order valence-electron chi connectivity index (χ0n) is 19.7. The second-order valence-corrected chi connectivity index (χ2v) is 10.3. The van der Waals surface area contributed by atoms with Crippen LogP contribution >= 0.6 is 23.1 Å². The molecule has 2 aliphatic rings. The lowest BCUT2D eigenvalue weighted by Gasteiger charge is -2.49. The van der Waals surface area contributed by atoms with Crippen LogP contribution in [0.3, 0.4) is 0 Å². The summed E-state index contributed by atoms with van der Waals surface area (Å²) in [6.07, 6.45) is 6.35. The number of aromatic nitrogens is 3. The molecule has 2 aliphatic heterocycles. The molecule has 0 unspecified atom stereocenters. The molecule has 3 aromatic rings. The highest BCUT2D eigenvalue weighted by molar-refractivity contribution is 8.00. The molecule has 192 valence electrons. The molecular weight excluding hydrogens is 518 g/mol. The van der Waals surface area contributed by atoms with Crippen molar-refractivity contribution in [2.75, 3.05) is 18.1 Å². The Bertz CT molecular complexity index is 1450. The summed E-state index contributed by atoms with van der Waals surface area (Å²) in [4.78, 5) is 49.0. The maximum atomic E-state index is 13.1. The number of carbonyl (C=O) groups is 3. The van der Waals surface area contributed by atoms with Crippen molar-refractivity contribution < 1.29 is 28.9 Å². The number of pyridine rings is 1. The molecule has 37 heavy (non-hydrogen) atoms. The third-order valence-electron chi connectivity index (χ3n) is 5.90. The first-order chi connectivity index (χ1) is 17.9. The van der Waals surface area contributed by atoms with Gasteiger partial charge in [0.15, 0.2) is 10.8 Å². The zero-order valence-corrected chi connectivity index (χ0v) is 21.4. The van der Waals surface area contributed by atoms with Crippen molar-refractivity contribution in [2.24, 2.45) is 5.16 Å². The number of nitrogens with one attached hydrogen (secondary N) is 1. The lowest BCUT2D eigenvalue weighted by molar-refractivity contribution is -0.662. The van der Waals surface area contributed by atoms with Gasteiger partial charge in [0.1, 0.15) is 48.4 Å². The average Bonchev–Trinajstić information content (AvgIpc) is 3.50. The van der Waals surface area contributed by atoms with E-state index in [2.05, 4.69) is 15.5 Å². The van der Waals surface area contributed by atoms with E-state index in [-0.39, 0.29) is 22.2 Å². The van der Waals surface area contributed by atoms with E-state index in [0.717, 1.165) is 17.0 Å². The molecule has 14 heteroatoms. The first kappa shape index (κ1) is 24.8. The van der Waals surface area contributed by atoms with Crippen molar-refractivity contribution in [2.45, 2.75) is 31.3 Å². The zero-order chi connectivity index (χ0) is 26.1. The van der Waals surface area contributed by atoms with Crippen LogP contribution in [0.15, 0.2) is 58.6 Å². The Hall–Kier alpha value is -3.91. The first-order valence-electron chi connectivity index (χ1n) is 11.5. The molecular formula is C23H24N7O5S2+. The van der Waals surface area contributed by atoms with E-state index < -0.39 is 29.2 Å². The molecule has 1 fully saturated rings. The lowest BCUT2D eigenvalue weighted by atomic mass is 10.0. The third kappa shape index (κ3) is 4.64. The number of nitrogens with zero attached hydrogens (tertiary/aromatic N) is 5. The number of oxime groups is 1. The summed E-state index contributed by atoms with van der Waals surface area (Å²) in [7, 11) is 0. The molecule has 0 spiro atoms. The Morgan fingerprint density at radius 1 is 1.38 bits per heavy atom. The van der Waals surface area contributed by atoms with Crippen LogP contribution < -0.4 is 15.6 Å². The van der Waals surface area contributed by atoms with Gasteiger partial charge in [0, 0.05) is 22.8 Å². The fourth-order valence-electron chi connectivity index (χ4n) is 4.20. The highest BCUT2D eigenvalue weighted by atomic mass is 32.2. The molecule has 3 aromatic heterocycles. The lowest BCUT2D eigenvalue weighted by Crippen LogP contribution is -2.71. The minimum Gasteiger partial charge on any atom is -0.477 e. The number of nitrogen functional groups attached to an aromatic ring is 1. The molecule has 2 atom stereocenters. The predicted molar refractivity (Wildman–Crippen MR) is 137 cm³/mol. The van der Waals surface area contributed by atoms with E-state index in [1.165, 1.54) is 16.7 Å². The van der Waals surface area contributed by atoms with Gasteiger partial charge in [0.25, 0.3) is 17.5 Å². The van der Waals surface area contributed by atoms with E-state index in [9.17, 15) is 19.5 Å². The normalized spacial score (nSPS) is 19.5. The highest BCUT2D eigenvalue weighted by Crippen LogP contribution is 2.40. The molecule has 0 saturated carbocycles. The summed E-state index contributed by atoms with van der Waals surface area (Å²) >= 11 is 2.55. The second kappa shape index (κ2) is 10.2. The Labute approximate surface area is 219 Å². The number of β-lactam (4-membered cyclic amide) rings is 1. The van der Waals surface area contributed by atoms with Crippen LogP contribution in [0.2, 0.25) is 0 Å². The molecule has 12 nitrogen and oxygen atoms in total. The number of imidazole rings is 1. The molecule has 4 N–H and O–H groups in total. The van der Waals surface area contributed by atoms with Gasteiger partial charge in [0.05, 0.1) is 6.20 Å². The van der Waals surface area contributed by atoms with Gasteiger partial charge >= 0.3 is 5.97 Å². The molecule has 2 amide bonds. The number of hydrogen-bond donors (Lipinski definition) is 3. The van der Waals surface area contributed by atoms with E-state index in [0.29, 0.717) is 30.9 Å². The number of fused-ring (bicyclic) bond motifs is 2. The van der Waals surface area contributed by atoms with Crippen molar-refractivity contribution in [3.8, 4) is 0 Å². The van der Waals surface area contributed by atoms with Crippen molar-refractivity contribution >= 4 is 57.4 Å². The van der Waals surface area contributed by atoms with Crippen LogP contribution in [-0.4, -0.2) is 66.7 Å². The van der Waals surface area contributed by atoms with Crippen LogP contribution in [0.25, 0.3) is 5.65 Å². The summed E-state index contributed by atoms with van der Waals surface area (Å²) in [5.41, 5.74) is 7.31. The standard InChI is InChI=1S/C23H23N7O5S2/c1-2-9-35-27-16(14-12-37-23(24)25-14)19(31)26-17-20(32)30-18(22(33)34)13(11-36-21(17)30)10-29-8-7-28-6-4-3-5-15(28)29/h3-8,12,17,21H,2,9-11H2,1H3,(H3-,24,25,26,31,33,34)/p+1/b27-16-/t17-,21-/m1/s1. The van der Waals surface area contributed by atoms with E-state index in [1.54, 1.807) is 5.38 Å². The Morgan fingerprint density at radius 3 is 2.95 bits per heavy atom. The minimum absolute atomic E-state index is 0.0468. The van der Waals surface area contributed by atoms with Gasteiger partial charge in [-0.2, -0.15) is 0 Å². The van der Waals surface area contributed by atoms with Gasteiger partial charge in [-0.15, -0.1) is 23.1 Å². The van der Waals surface area contributed by atoms with Crippen LogP contribution in [0.4, 0.5) is 5.13 Å². The summed E-state index contributed by atoms with van der Waals surface area (Å²) in [6.45, 7) is 2.52. The number of carboxylic acids is 1. The van der Waals surface area contributed by atoms with Crippen LogP contribution in [0, 0.1) is 0 Å². The number of amides is 2. The molecule has 5 heterocycles. The number of thiazole rings is 1. The number of anilines is 1. The van der Waals surface area contributed by atoms with Crippen molar-refractivity contribution in [1.29, 1.82) is 0 Å². The van der Waals surface area contributed by atoms with Crippen molar-refractivity contribution in [3.63, 3.8) is 0 Å². The fraction of sp³-hybridized carbons (Fsp3) is 0.304. The van der Waals surface area contributed by atoms with Crippen LogP contribution in [0.1, 0.15) is 19.0 Å². The van der Waals surface area contributed by atoms with Gasteiger partial charge in [-0.1, -0.05) is 18.1 Å². The number of rotatable bonds is 9. The molecule has 0 aromatic carbocycles. The Morgan fingerprint density at radius 2 is 2.22 bits per heavy atom. The largest absolute Gasteiger partial charge is 0.477 e. The van der Waals surface area contributed by atoms with Crippen LogP contribution in [0.5, 0.6) is 0 Å². The number of carbonyl (C=O) groups excluding carboxylic acids is 2. The molecule has 0 bridgehead atoms. The minimum atomic E-state index is -1.18. The molecule has 5 rings (SSSR count). The van der Waals surface area contributed by atoms with Gasteiger partial charge in [-0.25, -0.2) is 18.7 Å². The van der Waals surface area contributed by atoms with Crippen molar-refractivity contribution in [1.82, 2.24) is 19.6 Å². The first-order valence-corrected chi connectivity index (χ1v) is 13.4. The van der Waals surface area contributed by atoms with Gasteiger partial charge in [-0.3, -0.25) is 14.5 Å². The number of hydrogen-bond acceptors (Lipinski definition) is 9. The SMILES string of the molecule is CCCO/N=C(\C(=O)N[C@@H]1C(=O)N2C(C(=O)O)=C(C[n+]3ccn4ccccc43)CS[C@H]12)c1csc(N)n1. The van der Waals surface area contributed by atoms with Gasteiger partial charge in [-0.05, 0) is 12.5 Å². The topological polar surface area (TPSA) is 156 Å². The van der Waals surface area contributed by atoms with Gasteiger partial charge < -0.3 is 21.0 Å². The smallest absolute Gasteiger partial charge is 0.352 e. The predicted octanol–water partition coefficient (Wildman–Crippen LogP) is 0.835. The molecule has 0 aliphatic carbocycles. The third-order valence-corrected chi connectivity index (χ3v) is 7.91. The summed E-state index contributed by atoms with van der Waals surface area (Å²) < 4.78 is 3.86. The van der Waals surface area contributed by atoms with E-state index in [1.807, 2.05) is 52.7 Å². The summed E-state index contributed by atoms with van der Waals surface area (Å²) in [5, 5.41) is 17.9. The van der Waals surface area contributed by atoms with Crippen molar-refractivity contribution in [3.05, 3.63) is 59.1 Å². The average molecular weight is 543 g/mol. The fourth-order valence-corrected chi connectivity index (χ4v) is 6.08. The second-order valence-electron chi connectivity index (χ2n) is 8.35. The monoisotopic (exact) mass is 542 g/mol. The van der Waals surface area contributed by atoms with E-state index in [4.69, 9.17) is 10.6 Å². The van der Waals surface area contributed by atoms with Crippen LogP contribution in [-0.2, 0) is 25.8 Å². The number of aliphatic carboxylic acids is 1. The number of nitrogens with two attached hydrogens (primary N) is 1. The number of carboxylic acid groups (broad SMARTS) is 1. The van der Waals surface area contributed by atoms with Gasteiger partial charge in [0.2, 0.25) is 0 Å². The summed E-state index contributed by atoms with van der Waals surface area (Å²) in [5.74, 6) is -1.94. The number of thioether (sulfide) groups is 1. The summed E-state index contributed by atoms with van der Waals surface area (Å²) in [6, 6.07) is 4.83. The molecule has 1 saturated heterocycles. The Kier molecular flexibility index (Phi) is 6.84. The van der Waals surface area contributed by atoms with E-state index >= 15 is 0 Å². The highest BCUT2D eigenvalue weighted by Gasteiger charge is 2.54.